The summed E-state index contributed by atoms with van der Waals surface area (Å²) in [5.41, 5.74) is 6.68. The number of hydrogen-bond acceptors (Lipinski definition) is 4. The molecule has 0 heterocycles. The van der Waals surface area contributed by atoms with E-state index in [1.54, 1.807) is 19.2 Å². The van der Waals surface area contributed by atoms with E-state index in [4.69, 9.17) is 10.5 Å². The normalized spacial score (nSPS) is 25.4. The van der Waals surface area contributed by atoms with Crippen LogP contribution in [-0.4, -0.2) is 18.1 Å². The van der Waals surface area contributed by atoms with Gasteiger partial charge in [0.25, 0.3) is 5.69 Å². The van der Waals surface area contributed by atoms with E-state index < -0.39 is 0 Å². The van der Waals surface area contributed by atoms with Crippen LogP contribution >= 0.6 is 0 Å². The molecular weight excluding hydrogens is 220 g/mol. The van der Waals surface area contributed by atoms with Gasteiger partial charge in [-0.25, -0.2) is 0 Å². The Kier molecular flexibility index (Phi) is 2.58. The molecule has 2 rings (SSSR count). The summed E-state index contributed by atoms with van der Waals surface area (Å²) in [6, 6.07) is 4.77. The quantitative estimate of drug-likeness (QED) is 0.643. The van der Waals surface area contributed by atoms with Crippen LogP contribution < -0.4 is 10.5 Å². The van der Waals surface area contributed by atoms with E-state index in [1.807, 2.05) is 13.8 Å². The summed E-state index contributed by atoms with van der Waals surface area (Å²) in [6.45, 7) is 4.04. The first kappa shape index (κ1) is 11.9. The number of rotatable bonds is 3. The fraction of sp³-hybridized carbons (Fsp3) is 0.500. The third kappa shape index (κ3) is 1.76. The fourth-order valence-corrected chi connectivity index (χ4v) is 2.35. The van der Waals surface area contributed by atoms with Crippen LogP contribution in [0.1, 0.15) is 25.3 Å². The van der Waals surface area contributed by atoms with Gasteiger partial charge in [0.2, 0.25) is 0 Å². The van der Waals surface area contributed by atoms with Crippen molar-refractivity contribution in [1.29, 1.82) is 0 Å². The Hall–Kier alpha value is -1.62. The number of hydrogen-bond donors (Lipinski definition) is 1. The standard InChI is InChI=1S/C12H16N2O3/c1-12(2)10(11(12)13)8-6-7(17-3)4-5-9(8)14(15)16/h4-6,10-11H,13H2,1-3H3/t10-,11-/m0/s1. The molecule has 0 aliphatic heterocycles. The SMILES string of the molecule is COc1ccc([N+](=O)[O-])c([C@H]2[C@H](N)C2(C)C)c1. The lowest BCUT2D eigenvalue weighted by Crippen LogP contribution is -2.06. The lowest BCUT2D eigenvalue weighted by atomic mass is 10.0. The molecule has 5 nitrogen and oxygen atoms in total. The average molecular weight is 236 g/mol. The first-order valence-electron chi connectivity index (χ1n) is 5.47. The van der Waals surface area contributed by atoms with Crippen molar-refractivity contribution in [2.24, 2.45) is 11.1 Å². The van der Waals surface area contributed by atoms with Crippen molar-refractivity contribution in [3.05, 3.63) is 33.9 Å². The molecule has 0 unspecified atom stereocenters. The summed E-state index contributed by atoms with van der Waals surface area (Å²) in [5.74, 6) is 0.651. The number of nitro groups is 1. The Balaban J connectivity index is 2.47. The molecule has 0 spiro atoms. The smallest absolute Gasteiger partial charge is 0.273 e. The van der Waals surface area contributed by atoms with E-state index in [9.17, 15) is 10.1 Å². The Bertz CT molecular complexity index is 471. The van der Waals surface area contributed by atoms with E-state index in [0.717, 1.165) is 0 Å². The van der Waals surface area contributed by atoms with Gasteiger partial charge < -0.3 is 10.5 Å². The van der Waals surface area contributed by atoms with Gasteiger partial charge in [-0.3, -0.25) is 10.1 Å². The lowest BCUT2D eigenvalue weighted by molar-refractivity contribution is -0.385. The third-order valence-corrected chi connectivity index (χ3v) is 3.68. The maximum atomic E-state index is 11.0. The molecule has 17 heavy (non-hydrogen) atoms. The van der Waals surface area contributed by atoms with Crippen LogP contribution in [0.2, 0.25) is 0 Å². The van der Waals surface area contributed by atoms with Crippen molar-refractivity contribution < 1.29 is 9.66 Å². The second-order valence-corrected chi connectivity index (χ2v) is 5.01. The molecule has 0 aromatic heterocycles. The molecule has 0 amide bonds. The molecule has 1 saturated carbocycles. The number of nitrogens with zero attached hydrogens (tertiary/aromatic N) is 1. The zero-order valence-corrected chi connectivity index (χ0v) is 10.1. The van der Waals surface area contributed by atoms with Crippen molar-refractivity contribution in [3.63, 3.8) is 0 Å². The van der Waals surface area contributed by atoms with Gasteiger partial charge in [0.15, 0.2) is 0 Å². The number of ether oxygens (including phenoxy) is 1. The second-order valence-electron chi connectivity index (χ2n) is 5.01. The molecule has 1 aliphatic carbocycles. The zero-order chi connectivity index (χ0) is 12.8. The lowest BCUT2D eigenvalue weighted by Gasteiger charge is -2.06. The molecule has 0 bridgehead atoms. The van der Waals surface area contributed by atoms with Gasteiger partial charge in [-0.15, -0.1) is 0 Å². The summed E-state index contributed by atoms with van der Waals surface area (Å²) in [4.78, 5) is 10.6. The van der Waals surface area contributed by atoms with Gasteiger partial charge in [0, 0.05) is 23.6 Å². The third-order valence-electron chi connectivity index (χ3n) is 3.68. The molecule has 1 aliphatic rings. The maximum absolute atomic E-state index is 11.0. The molecule has 2 atom stereocenters. The van der Waals surface area contributed by atoms with Crippen LogP contribution in [0.3, 0.4) is 0 Å². The van der Waals surface area contributed by atoms with E-state index >= 15 is 0 Å². The van der Waals surface area contributed by atoms with E-state index in [0.29, 0.717) is 11.3 Å². The van der Waals surface area contributed by atoms with E-state index in [-0.39, 0.29) is 28.0 Å². The molecule has 2 N–H and O–H groups in total. The first-order chi connectivity index (χ1) is 7.89. The Morgan fingerprint density at radius 2 is 2.06 bits per heavy atom. The van der Waals surface area contributed by atoms with Crippen LogP contribution in [0.15, 0.2) is 18.2 Å². The Morgan fingerprint density at radius 3 is 2.47 bits per heavy atom. The number of methoxy groups -OCH3 is 1. The van der Waals surface area contributed by atoms with Gasteiger partial charge >= 0.3 is 0 Å². The minimum atomic E-state index is -0.365. The highest BCUT2D eigenvalue weighted by atomic mass is 16.6. The van der Waals surface area contributed by atoms with Crippen molar-refractivity contribution >= 4 is 5.69 Å². The van der Waals surface area contributed by atoms with Gasteiger partial charge in [-0.2, -0.15) is 0 Å². The topological polar surface area (TPSA) is 78.4 Å². The van der Waals surface area contributed by atoms with Crippen molar-refractivity contribution in [2.75, 3.05) is 7.11 Å². The van der Waals surface area contributed by atoms with Crippen LogP contribution in [0, 0.1) is 15.5 Å². The summed E-state index contributed by atoms with van der Waals surface area (Å²) >= 11 is 0. The minimum absolute atomic E-state index is 0.0259. The zero-order valence-electron chi connectivity index (χ0n) is 10.1. The second kappa shape index (κ2) is 3.70. The molecule has 0 radical (unpaired) electrons. The highest BCUT2D eigenvalue weighted by molar-refractivity contribution is 5.52. The number of benzene rings is 1. The van der Waals surface area contributed by atoms with E-state index in [1.165, 1.54) is 6.07 Å². The highest BCUT2D eigenvalue weighted by Gasteiger charge is 2.58. The number of nitro benzene ring substituents is 1. The van der Waals surface area contributed by atoms with Crippen LogP contribution in [0.25, 0.3) is 0 Å². The van der Waals surface area contributed by atoms with Gasteiger partial charge in [-0.1, -0.05) is 13.8 Å². The maximum Gasteiger partial charge on any atom is 0.273 e. The average Bonchev–Trinajstić information content (AvgIpc) is 2.77. The van der Waals surface area contributed by atoms with Crippen LogP contribution in [-0.2, 0) is 0 Å². The van der Waals surface area contributed by atoms with Crippen LogP contribution in [0.5, 0.6) is 5.75 Å². The molecule has 0 saturated heterocycles. The predicted octanol–water partition coefficient (Wildman–Crippen LogP) is 2.05. The minimum Gasteiger partial charge on any atom is -0.497 e. The Morgan fingerprint density at radius 1 is 1.47 bits per heavy atom. The van der Waals surface area contributed by atoms with Gasteiger partial charge in [0.1, 0.15) is 5.75 Å². The molecule has 92 valence electrons. The Labute approximate surface area is 99.7 Å². The molecular formula is C12H16N2O3. The monoisotopic (exact) mass is 236 g/mol. The number of nitrogens with two attached hydrogens (primary N) is 1. The summed E-state index contributed by atoms with van der Waals surface area (Å²) in [6.07, 6.45) is 0. The first-order valence-corrected chi connectivity index (χ1v) is 5.47. The molecule has 1 aromatic rings. The predicted molar refractivity (Wildman–Crippen MR) is 64.1 cm³/mol. The van der Waals surface area contributed by atoms with E-state index in [2.05, 4.69) is 0 Å². The highest BCUT2D eigenvalue weighted by Crippen LogP contribution is 2.59. The summed E-state index contributed by atoms with van der Waals surface area (Å²) in [5, 5.41) is 11.0. The van der Waals surface area contributed by atoms with Crippen molar-refractivity contribution in [3.8, 4) is 5.75 Å². The fourth-order valence-electron chi connectivity index (χ4n) is 2.35. The van der Waals surface area contributed by atoms with Gasteiger partial charge in [-0.05, 0) is 17.5 Å². The van der Waals surface area contributed by atoms with Crippen molar-refractivity contribution in [1.82, 2.24) is 0 Å². The van der Waals surface area contributed by atoms with Crippen molar-refractivity contribution in [2.45, 2.75) is 25.8 Å². The summed E-state index contributed by atoms with van der Waals surface area (Å²) in [7, 11) is 1.54. The summed E-state index contributed by atoms with van der Waals surface area (Å²) < 4.78 is 5.11. The van der Waals surface area contributed by atoms with Gasteiger partial charge in [0.05, 0.1) is 12.0 Å². The largest absolute Gasteiger partial charge is 0.497 e. The van der Waals surface area contributed by atoms with Crippen LogP contribution in [0.4, 0.5) is 5.69 Å². The molecule has 5 heteroatoms. The molecule has 1 fully saturated rings. The molecule has 1 aromatic carbocycles.